The van der Waals surface area contributed by atoms with E-state index in [9.17, 15) is 24.0 Å². The Labute approximate surface area is 261 Å². The summed E-state index contributed by atoms with van der Waals surface area (Å²) < 4.78 is 5.42. The number of esters is 1. The van der Waals surface area contributed by atoms with Gasteiger partial charge in [-0.25, -0.2) is 9.79 Å². The number of amidine groups is 1. The zero-order chi connectivity index (χ0) is 34.4. The highest BCUT2D eigenvalue weighted by Gasteiger charge is 2.18. The number of hydrogen-bond acceptors (Lipinski definition) is 10. The minimum absolute atomic E-state index is 0.00609. The maximum Gasteiger partial charge on any atom is 0.343 e. The Balaban J connectivity index is 0.000000334. The van der Waals surface area contributed by atoms with Gasteiger partial charge < -0.3 is 42.4 Å². The average Bonchev–Trinajstić information content (AvgIpc) is 2.94. The molecule has 0 spiro atoms. The molecule has 17 nitrogen and oxygen atoms in total. The van der Waals surface area contributed by atoms with Crippen LogP contribution in [0.4, 0.5) is 5.69 Å². The molecule has 0 atom stereocenters. The van der Waals surface area contributed by atoms with E-state index in [1.165, 1.54) is 0 Å². The van der Waals surface area contributed by atoms with E-state index >= 15 is 0 Å². The van der Waals surface area contributed by atoms with Crippen molar-refractivity contribution in [2.75, 3.05) is 39.3 Å². The lowest BCUT2D eigenvalue weighted by Gasteiger charge is -2.23. The van der Waals surface area contributed by atoms with E-state index in [0.717, 1.165) is 20.6 Å². The summed E-state index contributed by atoms with van der Waals surface area (Å²) >= 11 is 0. The van der Waals surface area contributed by atoms with E-state index in [0.29, 0.717) is 22.6 Å². The fourth-order valence-electron chi connectivity index (χ4n) is 3.92. The lowest BCUT2D eigenvalue weighted by atomic mass is 10.1. The van der Waals surface area contributed by atoms with Crippen LogP contribution in [-0.4, -0.2) is 111 Å². The number of fused-ring (bicyclic) bond motifs is 1. The topological polar surface area (TPSA) is 296 Å². The molecular weight excluding hydrogens is 606 g/mol. The normalized spacial score (nSPS) is 10.5. The molecule has 0 fully saturated rings. The smallest absolute Gasteiger partial charge is 0.343 e. The van der Waals surface area contributed by atoms with Gasteiger partial charge in [-0.05, 0) is 53.2 Å². The summed E-state index contributed by atoms with van der Waals surface area (Å²) in [6, 6.07) is 17.1. The van der Waals surface area contributed by atoms with Crippen molar-refractivity contribution in [3.05, 3.63) is 71.8 Å². The van der Waals surface area contributed by atoms with E-state index in [2.05, 4.69) is 4.99 Å². The summed E-state index contributed by atoms with van der Waals surface area (Å²) in [6.45, 7) is -2.25. The number of carboxylic acids is 4. The molecule has 17 heteroatoms. The van der Waals surface area contributed by atoms with Crippen LogP contribution in [0.25, 0.3) is 10.8 Å². The third-order valence-corrected chi connectivity index (χ3v) is 5.86. The minimum Gasteiger partial charge on any atom is -0.480 e. The molecule has 0 aliphatic heterocycles. The second-order valence-electron chi connectivity index (χ2n) is 9.61. The predicted octanol–water partition coefficient (Wildman–Crippen LogP) is 0.177. The number of benzene rings is 3. The van der Waals surface area contributed by atoms with Gasteiger partial charge in [0.25, 0.3) is 0 Å². The molecule has 11 N–H and O–H groups in total. The Hall–Kier alpha value is -6.07. The third kappa shape index (κ3) is 13.1. The van der Waals surface area contributed by atoms with Crippen molar-refractivity contribution in [2.24, 2.45) is 22.2 Å². The number of nitrogens with two attached hydrogens (primary N) is 3. The highest BCUT2D eigenvalue weighted by molar-refractivity contribution is 5.99. The predicted molar refractivity (Wildman–Crippen MR) is 165 cm³/mol. The molecule has 0 heterocycles. The number of ether oxygens (including phenoxy) is 1. The van der Waals surface area contributed by atoms with Crippen LogP contribution in [0, 0.1) is 5.41 Å². The van der Waals surface area contributed by atoms with Gasteiger partial charge in [0.05, 0.1) is 37.4 Å². The van der Waals surface area contributed by atoms with Crippen LogP contribution in [0.3, 0.4) is 0 Å². The summed E-state index contributed by atoms with van der Waals surface area (Å²) in [6.07, 6.45) is 0. The first-order valence-corrected chi connectivity index (χ1v) is 13.2. The molecule has 3 aromatic rings. The van der Waals surface area contributed by atoms with Gasteiger partial charge in [0.15, 0.2) is 5.96 Å². The molecule has 0 unspecified atom stereocenters. The van der Waals surface area contributed by atoms with E-state index < -0.39 is 56.0 Å². The fraction of sp³-hybridized carbons (Fsp3) is 0.207. The van der Waals surface area contributed by atoms with Gasteiger partial charge >= 0.3 is 29.8 Å². The number of nitrogens with zero attached hydrogens (tertiary/aromatic N) is 3. The molecule has 0 aliphatic rings. The van der Waals surface area contributed by atoms with Crippen LogP contribution in [0.1, 0.15) is 15.9 Å². The number of rotatable bonds is 15. The highest BCUT2D eigenvalue weighted by Crippen LogP contribution is 2.23. The van der Waals surface area contributed by atoms with Crippen molar-refractivity contribution < 1.29 is 49.1 Å². The first-order chi connectivity index (χ1) is 21.6. The number of nitrogens with one attached hydrogen (secondary N) is 1. The Morgan fingerprint density at radius 1 is 0.652 bits per heavy atom. The maximum atomic E-state index is 12.3. The molecule has 0 aliphatic carbocycles. The summed E-state index contributed by atoms with van der Waals surface area (Å²) in [5.74, 6) is -5.02. The Bertz CT molecular complexity index is 1550. The van der Waals surface area contributed by atoms with Gasteiger partial charge in [-0.2, -0.15) is 0 Å². The van der Waals surface area contributed by atoms with Gasteiger partial charge in [0.1, 0.15) is 11.6 Å². The van der Waals surface area contributed by atoms with Gasteiger partial charge in [-0.15, -0.1) is 0 Å². The Morgan fingerprint density at radius 2 is 1.09 bits per heavy atom. The first kappa shape index (κ1) is 36.1. The van der Waals surface area contributed by atoms with Crippen LogP contribution in [0.15, 0.2) is 65.7 Å². The largest absolute Gasteiger partial charge is 0.480 e. The van der Waals surface area contributed by atoms with E-state index in [1.54, 1.807) is 42.5 Å². The van der Waals surface area contributed by atoms with Crippen molar-refractivity contribution in [2.45, 2.75) is 0 Å². The lowest BCUT2D eigenvalue weighted by Crippen LogP contribution is -2.43. The molecule has 244 valence electrons. The maximum absolute atomic E-state index is 12.3. The highest BCUT2D eigenvalue weighted by atomic mass is 16.5. The number of guanidine groups is 1. The van der Waals surface area contributed by atoms with E-state index in [-0.39, 0.29) is 24.9 Å². The molecule has 0 bridgehead atoms. The molecule has 46 heavy (non-hydrogen) atoms. The number of carbonyl (C=O) groups excluding carboxylic acids is 1. The van der Waals surface area contributed by atoms with Gasteiger partial charge in [0.2, 0.25) is 0 Å². The Morgan fingerprint density at radius 3 is 1.52 bits per heavy atom. The van der Waals surface area contributed by atoms with Crippen LogP contribution in [0.5, 0.6) is 5.75 Å². The number of aliphatic carboxylic acids is 4. The molecule has 3 rings (SSSR count). The van der Waals surface area contributed by atoms with Crippen molar-refractivity contribution in [3.8, 4) is 5.75 Å². The van der Waals surface area contributed by atoms with Gasteiger partial charge in [0, 0.05) is 18.7 Å². The van der Waals surface area contributed by atoms with Crippen LogP contribution < -0.4 is 21.9 Å². The Kier molecular flexibility index (Phi) is 13.6. The van der Waals surface area contributed by atoms with E-state index in [1.807, 2.05) is 18.2 Å². The average molecular weight is 640 g/mol. The van der Waals surface area contributed by atoms with Crippen molar-refractivity contribution in [3.63, 3.8) is 0 Å². The molecule has 0 saturated carbocycles. The summed E-state index contributed by atoms with van der Waals surface area (Å²) in [7, 11) is 0. The van der Waals surface area contributed by atoms with E-state index in [4.69, 9.17) is 47.8 Å². The molecule has 3 aromatic carbocycles. The summed E-state index contributed by atoms with van der Waals surface area (Å²) in [5.41, 5.74) is 17.7. The van der Waals surface area contributed by atoms with Crippen molar-refractivity contribution in [1.82, 2.24) is 9.80 Å². The van der Waals surface area contributed by atoms with Gasteiger partial charge in [-0.1, -0.05) is 18.2 Å². The number of aliphatic imine (C=N–C) groups is 1. The quantitative estimate of drug-likeness (QED) is 0.0476. The number of nitrogen functional groups attached to an aromatic ring is 1. The van der Waals surface area contributed by atoms with Crippen molar-refractivity contribution in [1.29, 1.82) is 5.41 Å². The lowest BCUT2D eigenvalue weighted by molar-refractivity contribution is -0.145. The first-order valence-electron chi connectivity index (χ1n) is 13.2. The zero-order valence-corrected chi connectivity index (χ0v) is 24.3. The molecule has 0 aromatic heterocycles. The number of carbonyl (C=O) groups is 5. The van der Waals surface area contributed by atoms with Gasteiger partial charge in [-0.3, -0.25) is 34.4 Å². The molecule has 0 amide bonds. The van der Waals surface area contributed by atoms with Crippen LogP contribution >= 0.6 is 0 Å². The minimum atomic E-state index is -1.23. The molecular formula is C29H33N7O10. The number of carboxylic acid groups (broad SMARTS) is 4. The standard InChI is InChI=1S/C19H17N5O2.C10H16N2O8/c20-17(21)14-2-1-13-10-16(8-5-12(13)9-14)26-18(25)11-3-6-15(7-4-11)24-19(22)23;13-7(14)3-11(4-8(15)16)1-2-12(5-9(17)18)6-10(19)20/h1-10H,(H3,20,21)(H4,22,23,24);1-6H2,(H,13,14)(H,15,16)(H,17,18)(H,19,20). The van der Waals surface area contributed by atoms with Crippen molar-refractivity contribution >= 4 is 58.1 Å². The monoisotopic (exact) mass is 639 g/mol. The SMILES string of the molecule is N=C(N)c1ccc2cc(OC(=O)c3ccc(N=C(N)N)cc3)ccc2c1.O=C(O)CN(CCN(CC(=O)O)CC(=O)O)CC(=O)O. The fourth-order valence-corrected chi connectivity index (χ4v) is 3.92. The third-order valence-electron chi connectivity index (χ3n) is 5.86. The summed E-state index contributed by atoms with van der Waals surface area (Å²) in [5, 5.41) is 43.7. The van der Waals surface area contributed by atoms with Crippen LogP contribution in [-0.2, 0) is 19.2 Å². The zero-order valence-electron chi connectivity index (χ0n) is 24.3. The second-order valence-corrected chi connectivity index (χ2v) is 9.61. The molecule has 0 saturated heterocycles. The number of hydrogen-bond donors (Lipinski definition) is 8. The second kappa shape index (κ2) is 17.3. The molecule has 0 radical (unpaired) electrons. The summed E-state index contributed by atoms with van der Waals surface area (Å²) in [4.78, 5) is 60.5. The van der Waals surface area contributed by atoms with Crippen LogP contribution in [0.2, 0.25) is 0 Å².